The van der Waals surface area contributed by atoms with Gasteiger partial charge in [-0.2, -0.15) is 5.26 Å². The lowest BCUT2D eigenvalue weighted by molar-refractivity contribution is -0.128. The van der Waals surface area contributed by atoms with Crippen molar-refractivity contribution in [3.05, 3.63) is 40.6 Å². The molecule has 0 unspecified atom stereocenters. The van der Waals surface area contributed by atoms with Crippen LogP contribution in [0.5, 0.6) is 0 Å². The van der Waals surface area contributed by atoms with Crippen molar-refractivity contribution in [2.24, 2.45) is 17.1 Å². The Balaban J connectivity index is 1.55. The van der Waals surface area contributed by atoms with E-state index in [2.05, 4.69) is 15.3 Å². The van der Waals surface area contributed by atoms with Crippen molar-refractivity contribution in [1.29, 1.82) is 5.26 Å². The first-order valence-corrected chi connectivity index (χ1v) is 12.3. The zero-order valence-corrected chi connectivity index (χ0v) is 20.3. The van der Waals surface area contributed by atoms with Crippen LogP contribution in [-0.4, -0.2) is 25.4 Å². The fourth-order valence-electron chi connectivity index (χ4n) is 5.03. The molecule has 0 radical (unpaired) electrons. The Bertz CT molecular complexity index is 1310. The second-order valence-corrected chi connectivity index (χ2v) is 10.4. The summed E-state index contributed by atoms with van der Waals surface area (Å²) in [5, 5.41) is 12.2. The number of nitrogens with zero attached hydrogens (tertiary/aromatic N) is 5. The minimum Gasteiger partial charge on any atom is -0.369 e. The van der Waals surface area contributed by atoms with Gasteiger partial charge in [-0.1, -0.05) is 37.8 Å². The first kappa shape index (κ1) is 23.5. The summed E-state index contributed by atoms with van der Waals surface area (Å²) >= 11 is 6.31. The zero-order chi connectivity index (χ0) is 24.7. The van der Waals surface area contributed by atoms with Gasteiger partial charge in [0.1, 0.15) is 17.2 Å². The molecule has 2 aromatic heterocycles. The Labute approximate surface area is 207 Å². The summed E-state index contributed by atoms with van der Waals surface area (Å²) in [6, 6.07) is 4.44. The number of hydrogen-bond acceptors (Lipinski definition) is 6. The third-order valence-corrected chi connectivity index (χ3v) is 7.90. The van der Waals surface area contributed by atoms with E-state index in [9.17, 15) is 9.18 Å². The molecule has 0 bridgehead atoms. The molecule has 5 rings (SSSR count). The largest absolute Gasteiger partial charge is 0.369 e. The molecule has 2 fully saturated rings. The van der Waals surface area contributed by atoms with E-state index < -0.39 is 11.2 Å². The first-order valence-electron chi connectivity index (χ1n) is 12.0. The van der Waals surface area contributed by atoms with E-state index in [1.54, 1.807) is 6.20 Å². The van der Waals surface area contributed by atoms with E-state index in [0.717, 1.165) is 18.3 Å². The molecule has 0 spiro atoms. The lowest BCUT2D eigenvalue weighted by atomic mass is 9.73. The molecule has 0 saturated heterocycles. The van der Waals surface area contributed by atoms with Crippen molar-refractivity contribution in [1.82, 2.24) is 19.5 Å². The van der Waals surface area contributed by atoms with Crippen LogP contribution in [0.4, 0.5) is 16.0 Å². The summed E-state index contributed by atoms with van der Waals surface area (Å²) in [5.74, 6) is 0.846. The van der Waals surface area contributed by atoms with Crippen molar-refractivity contribution < 1.29 is 9.18 Å². The number of anilines is 2. The summed E-state index contributed by atoms with van der Waals surface area (Å²) < 4.78 is 16.8. The number of nitriles is 1. The van der Waals surface area contributed by atoms with Crippen LogP contribution in [0.15, 0.2) is 18.3 Å². The molecule has 35 heavy (non-hydrogen) atoms. The normalized spacial score (nSPS) is 22.5. The summed E-state index contributed by atoms with van der Waals surface area (Å²) in [5.41, 5.74) is 6.56. The van der Waals surface area contributed by atoms with Crippen molar-refractivity contribution >= 4 is 40.3 Å². The van der Waals surface area contributed by atoms with Gasteiger partial charge >= 0.3 is 0 Å². The fraction of sp³-hybridized carbons (Fsp3) is 0.480. The van der Waals surface area contributed by atoms with Gasteiger partial charge in [0.15, 0.2) is 5.65 Å². The maximum absolute atomic E-state index is 14.8. The molecule has 2 aliphatic rings. The number of amides is 1. The highest BCUT2D eigenvalue weighted by Crippen LogP contribution is 2.43. The third kappa shape index (κ3) is 4.43. The van der Waals surface area contributed by atoms with Crippen LogP contribution in [0.2, 0.25) is 5.02 Å². The predicted molar refractivity (Wildman–Crippen MR) is 131 cm³/mol. The average molecular weight is 496 g/mol. The molecule has 3 N–H and O–H groups in total. The quantitative estimate of drug-likeness (QED) is 0.485. The van der Waals surface area contributed by atoms with Gasteiger partial charge in [0.05, 0.1) is 28.5 Å². The lowest BCUT2D eigenvalue weighted by Crippen LogP contribution is -2.38. The summed E-state index contributed by atoms with van der Waals surface area (Å²) in [6.45, 7) is 1.90. The van der Waals surface area contributed by atoms with Gasteiger partial charge in [-0.05, 0) is 43.7 Å². The van der Waals surface area contributed by atoms with Gasteiger partial charge in [-0.3, -0.25) is 9.36 Å². The van der Waals surface area contributed by atoms with Gasteiger partial charge in [0, 0.05) is 17.9 Å². The van der Waals surface area contributed by atoms with E-state index in [1.807, 2.05) is 17.6 Å². The second kappa shape index (κ2) is 9.08. The highest BCUT2D eigenvalue weighted by molar-refractivity contribution is 6.33. The van der Waals surface area contributed by atoms with E-state index in [1.165, 1.54) is 25.3 Å². The number of imidazole rings is 1. The Morgan fingerprint density at radius 1 is 1.31 bits per heavy atom. The number of nitrogens with one attached hydrogen (secondary N) is 1. The zero-order valence-electron chi connectivity index (χ0n) is 19.5. The molecule has 0 atom stereocenters. The van der Waals surface area contributed by atoms with Crippen molar-refractivity contribution in [3.8, 4) is 6.07 Å². The van der Waals surface area contributed by atoms with E-state index in [0.29, 0.717) is 48.7 Å². The molecular weight excluding hydrogens is 469 g/mol. The van der Waals surface area contributed by atoms with E-state index in [-0.39, 0.29) is 28.2 Å². The van der Waals surface area contributed by atoms with Gasteiger partial charge < -0.3 is 11.1 Å². The highest BCUT2D eigenvalue weighted by Gasteiger charge is 2.38. The SMILES string of the molecule is CC1(C(N)=O)CCC(n2c(Nc3c(F)cc(C#N)cc3Cl)nc3cnc(CC4CCC4)nc32)CC1. The summed E-state index contributed by atoms with van der Waals surface area (Å²) in [6.07, 6.45) is 8.84. The van der Waals surface area contributed by atoms with Crippen molar-refractivity contribution in [2.45, 2.75) is 64.3 Å². The van der Waals surface area contributed by atoms with Gasteiger partial charge in [-0.15, -0.1) is 0 Å². The second-order valence-electron chi connectivity index (χ2n) is 10.0. The van der Waals surface area contributed by atoms with Crippen LogP contribution in [0.25, 0.3) is 11.2 Å². The molecule has 1 amide bonds. The minimum absolute atomic E-state index is 0.0124. The Morgan fingerprint density at radius 2 is 2.06 bits per heavy atom. The molecule has 182 valence electrons. The number of carbonyl (C=O) groups is 1. The van der Waals surface area contributed by atoms with Crippen LogP contribution in [-0.2, 0) is 11.2 Å². The summed E-state index contributed by atoms with van der Waals surface area (Å²) in [7, 11) is 0. The molecule has 2 saturated carbocycles. The van der Waals surface area contributed by atoms with Gasteiger partial charge in [0.2, 0.25) is 11.9 Å². The number of aromatic nitrogens is 4. The Kier molecular flexibility index (Phi) is 6.09. The number of benzene rings is 1. The van der Waals surface area contributed by atoms with E-state index in [4.69, 9.17) is 27.6 Å². The number of rotatable bonds is 6. The molecule has 2 aliphatic carbocycles. The van der Waals surface area contributed by atoms with E-state index >= 15 is 0 Å². The standard InChI is InChI=1S/C25H27ClFN7O/c1-25(23(29)35)7-5-16(6-8-25)34-22-19(13-30-20(32-22)11-14-3-2-4-14)31-24(34)33-21-17(26)9-15(12-28)10-18(21)27/h9-10,13-14,16H,2-8,11H2,1H3,(H2,29,35)(H,31,33). The third-order valence-electron chi connectivity index (χ3n) is 7.61. The maximum atomic E-state index is 14.8. The number of fused-ring (bicyclic) bond motifs is 1. The molecule has 10 heteroatoms. The molecular formula is C25H27ClFN7O. The van der Waals surface area contributed by atoms with Crippen LogP contribution < -0.4 is 11.1 Å². The summed E-state index contributed by atoms with van der Waals surface area (Å²) in [4.78, 5) is 26.1. The number of carbonyl (C=O) groups excluding carboxylic acids is 1. The number of primary amides is 1. The van der Waals surface area contributed by atoms with Gasteiger partial charge in [0.25, 0.3) is 0 Å². The van der Waals surface area contributed by atoms with Crippen LogP contribution in [0.3, 0.4) is 0 Å². The van der Waals surface area contributed by atoms with Crippen LogP contribution in [0.1, 0.15) is 69.3 Å². The lowest BCUT2D eigenvalue weighted by Gasteiger charge is -2.35. The van der Waals surface area contributed by atoms with Gasteiger partial charge in [-0.25, -0.2) is 19.3 Å². The van der Waals surface area contributed by atoms with Crippen molar-refractivity contribution in [3.63, 3.8) is 0 Å². The number of halogens is 2. The highest BCUT2D eigenvalue weighted by atomic mass is 35.5. The fourth-order valence-corrected chi connectivity index (χ4v) is 5.28. The smallest absolute Gasteiger partial charge is 0.223 e. The first-order chi connectivity index (χ1) is 16.8. The molecule has 3 aromatic rings. The predicted octanol–water partition coefficient (Wildman–Crippen LogP) is 5.18. The molecule has 8 nitrogen and oxygen atoms in total. The van der Waals surface area contributed by atoms with Crippen molar-refractivity contribution in [2.75, 3.05) is 5.32 Å². The number of nitrogens with two attached hydrogens (primary N) is 1. The average Bonchev–Trinajstić information content (AvgIpc) is 3.16. The van der Waals surface area contributed by atoms with Crippen LogP contribution in [0, 0.1) is 28.5 Å². The minimum atomic E-state index is -0.644. The molecule has 1 aromatic carbocycles. The Hall–Kier alpha value is -3.25. The topological polar surface area (TPSA) is 123 Å². The monoisotopic (exact) mass is 495 g/mol. The molecule has 2 heterocycles. The maximum Gasteiger partial charge on any atom is 0.223 e. The molecule has 0 aliphatic heterocycles. The Morgan fingerprint density at radius 3 is 2.66 bits per heavy atom. The number of hydrogen-bond donors (Lipinski definition) is 2. The van der Waals surface area contributed by atoms with Crippen LogP contribution >= 0.6 is 11.6 Å².